The molecule has 0 spiro atoms. The molecule has 2 aromatic rings. The molecule has 1 aliphatic heterocycles. The second-order valence-electron chi connectivity index (χ2n) is 6.25. The molecule has 1 aliphatic rings. The van der Waals surface area contributed by atoms with E-state index in [1.807, 2.05) is 47.4 Å². The van der Waals surface area contributed by atoms with Crippen LogP contribution >= 0.6 is 0 Å². The van der Waals surface area contributed by atoms with Gasteiger partial charge in [-0.25, -0.2) is 0 Å². The van der Waals surface area contributed by atoms with Crippen molar-refractivity contribution in [2.24, 2.45) is 0 Å². The molecule has 1 amide bonds. The number of carbonyl (C=O) groups is 1. The van der Waals surface area contributed by atoms with Crippen LogP contribution in [-0.4, -0.2) is 33.5 Å². The SMILES string of the molecule is CC(CC(=O)N1CC(O)CC1c1ccccc1)c1ccncc1. The fourth-order valence-electron chi connectivity index (χ4n) is 3.27. The molecule has 23 heavy (non-hydrogen) atoms. The number of hydrogen-bond acceptors (Lipinski definition) is 3. The second kappa shape index (κ2) is 6.92. The van der Waals surface area contributed by atoms with E-state index in [1.165, 1.54) is 0 Å². The summed E-state index contributed by atoms with van der Waals surface area (Å²) in [7, 11) is 0. The molecular formula is C19H22N2O2. The maximum absolute atomic E-state index is 12.8. The number of aromatic nitrogens is 1. The van der Waals surface area contributed by atoms with Gasteiger partial charge in [-0.15, -0.1) is 0 Å². The third-order valence-corrected chi connectivity index (χ3v) is 4.54. The van der Waals surface area contributed by atoms with Crippen molar-refractivity contribution >= 4 is 5.91 Å². The van der Waals surface area contributed by atoms with Crippen molar-refractivity contribution in [3.8, 4) is 0 Å². The van der Waals surface area contributed by atoms with E-state index < -0.39 is 6.10 Å². The predicted octanol–water partition coefficient (Wildman–Crippen LogP) is 2.91. The number of benzene rings is 1. The lowest BCUT2D eigenvalue weighted by Crippen LogP contribution is -2.32. The van der Waals surface area contributed by atoms with E-state index in [-0.39, 0.29) is 17.9 Å². The lowest BCUT2D eigenvalue weighted by Gasteiger charge is -2.26. The molecule has 1 aromatic heterocycles. The Kier molecular flexibility index (Phi) is 4.72. The number of amides is 1. The van der Waals surface area contributed by atoms with E-state index in [9.17, 15) is 9.90 Å². The molecule has 0 aliphatic carbocycles. The van der Waals surface area contributed by atoms with Crippen molar-refractivity contribution in [2.75, 3.05) is 6.54 Å². The van der Waals surface area contributed by atoms with Crippen LogP contribution in [-0.2, 0) is 4.79 Å². The molecule has 1 saturated heterocycles. The predicted molar refractivity (Wildman–Crippen MR) is 88.8 cm³/mol. The number of β-amino-alcohol motifs (C(OH)–C–C–N with tert-alkyl or cyclic N) is 1. The standard InChI is InChI=1S/C19H22N2O2/c1-14(15-7-9-20-10-8-15)11-19(23)21-13-17(22)12-18(21)16-5-3-2-4-6-16/h2-10,14,17-18,22H,11-13H2,1H3. The summed E-state index contributed by atoms with van der Waals surface area (Å²) in [6.45, 7) is 2.47. The van der Waals surface area contributed by atoms with Gasteiger partial charge in [-0.1, -0.05) is 37.3 Å². The Morgan fingerprint density at radius 2 is 1.96 bits per heavy atom. The van der Waals surface area contributed by atoms with E-state index in [0.717, 1.165) is 11.1 Å². The number of nitrogens with zero attached hydrogens (tertiary/aromatic N) is 2. The van der Waals surface area contributed by atoms with Gasteiger partial charge in [-0.05, 0) is 35.6 Å². The van der Waals surface area contributed by atoms with Crippen LogP contribution in [0.1, 0.15) is 42.9 Å². The average Bonchev–Trinajstić information content (AvgIpc) is 2.98. The second-order valence-corrected chi connectivity index (χ2v) is 6.25. The third kappa shape index (κ3) is 3.59. The molecule has 3 rings (SSSR count). The average molecular weight is 310 g/mol. The van der Waals surface area contributed by atoms with E-state index in [4.69, 9.17) is 0 Å². The minimum absolute atomic E-state index is 0.0247. The summed E-state index contributed by atoms with van der Waals surface area (Å²) in [6.07, 6.45) is 4.12. The first-order valence-corrected chi connectivity index (χ1v) is 8.07. The van der Waals surface area contributed by atoms with Gasteiger partial charge in [0.05, 0.1) is 12.1 Å². The Morgan fingerprint density at radius 3 is 2.65 bits per heavy atom. The zero-order chi connectivity index (χ0) is 16.2. The number of hydrogen-bond donors (Lipinski definition) is 1. The third-order valence-electron chi connectivity index (χ3n) is 4.54. The first kappa shape index (κ1) is 15.7. The summed E-state index contributed by atoms with van der Waals surface area (Å²) in [4.78, 5) is 18.6. The van der Waals surface area contributed by atoms with E-state index in [2.05, 4.69) is 11.9 Å². The molecule has 0 saturated carbocycles. The summed E-state index contributed by atoms with van der Waals surface area (Å²) in [5.74, 6) is 0.236. The molecule has 1 aromatic carbocycles. The van der Waals surface area contributed by atoms with Crippen molar-refractivity contribution in [3.63, 3.8) is 0 Å². The summed E-state index contributed by atoms with van der Waals surface area (Å²) >= 11 is 0. The minimum atomic E-state index is -0.444. The largest absolute Gasteiger partial charge is 0.391 e. The Balaban J connectivity index is 1.72. The molecule has 0 bridgehead atoms. The minimum Gasteiger partial charge on any atom is -0.391 e. The van der Waals surface area contributed by atoms with Gasteiger partial charge < -0.3 is 10.0 Å². The van der Waals surface area contributed by atoms with Gasteiger partial charge in [0.15, 0.2) is 0 Å². The van der Waals surface area contributed by atoms with Crippen molar-refractivity contribution in [1.29, 1.82) is 0 Å². The van der Waals surface area contributed by atoms with Crippen LogP contribution in [0.25, 0.3) is 0 Å². The van der Waals surface area contributed by atoms with Crippen LogP contribution in [0.15, 0.2) is 54.9 Å². The van der Waals surface area contributed by atoms with Crippen LogP contribution in [0.4, 0.5) is 0 Å². The van der Waals surface area contributed by atoms with E-state index in [0.29, 0.717) is 19.4 Å². The first-order valence-electron chi connectivity index (χ1n) is 8.07. The molecular weight excluding hydrogens is 288 g/mol. The molecule has 1 fully saturated rings. The highest BCUT2D eigenvalue weighted by atomic mass is 16.3. The zero-order valence-corrected chi connectivity index (χ0v) is 13.3. The summed E-state index contributed by atoms with van der Waals surface area (Å²) in [5.41, 5.74) is 2.21. The monoisotopic (exact) mass is 310 g/mol. The van der Waals surface area contributed by atoms with Gasteiger partial charge in [-0.3, -0.25) is 9.78 Å². The van der Waals surface area contributed by atoms with Crippen LogP contribution < -0.4 is 0 Å². The number of rotatable bonds is 4. The fraction of sp³-hybridized carbons (Fsp3) is 0.368. The number of pyridine rings is 1. The van der Waals surface area contributed by atoms with Crippen molar-refractivity contribution < 1.29 is 9.90 Å². The van der Waals surface area contributed by atoms with Gasteiger partial charge in [0, 0.05) is 25.4 Å². The van der Waals surface area contributed by atoms with Gasteiger partial charge in [0.1, 0.15) is 0 Å². The highest BCUT2D eigenvalue weighted by Gasteiger charge is 2.35. The molecule has 120 valence electrons. The van der Waals surface area contributed by atoms with Crippen LogP contribution in [0, 0.1) is 0 Å². The summed E-state index contributed by atoms with van der Waals surface area (Å²) < 4.78 is 0. The first-order chi connectivity index (χ1) is 11.1. The van der Waals surface area contributed by atoms with E-state index >= 15 is 0 Å². The smallest absolute Gasteiger partial charge is 0.223 e. The topological polar surface area (TPSA) is 53.4 Å². The molecule has 4 heteroatoms. The zero-order valence-electron chi connectivity index (χ0n) is 13.3. The maximum atomic E-state index is 12.8. The highest BCUT2D eigenvalue weighted by molar-refractivity contribution is 5.78. The Labute approximate surface area is 136 Å². The van der Waals surface area contributed by atoms with Gasteiger partial charge in [0.25, 0.3) is 0 Å². The normalized spacial score (nSPS) is 22.1. The Bertz CT molecular complexity index is 645. The van der Waals surface area contributed by atoms with Gasteiger partial charge >= 0.3 is 0 Å². The fourth-order valence-corrected chi connectivity index (χ4v) is 3.27. The molecule has 3 unspecified atom stereocenters. The van der Waals surface area contributed by atoms with Crippen molar-refractivity contribution in [3.05, 3.63) is 66.0 Å². The number of likely N-dealkylation sites (tertiary alicyclic amines) is 1. The number of aliphatic hydroxyl groups excluding tert-OH is 1. The number of carbonyl (C=O) groups excluding carboxylic acids is 1. The van der Waals surface area contributed by atoms with Gasteiger partial charge in [-0.2, -0.15) is 0 Å². The molecule has 1 N–H and O–H groups in total. The Morgan fingerprint density at radius 1 is 1.26 bits per heavy atom. The van der Waals surface area contributed by atoms with Crippen LogP contribution in [0.5, 0.6) is 0 Å². The number of aliphatic hydroxyl groups is 1. The lowest BCUT2D eigenvalue weighted by molar-refractivity contribution is -0.132. The maximum Gasteiger partial charge on any atom is 0.223 e. The summed E-state index contributed by atoms with van der Waals surface area (Å²) in [6, 6.07) is 13.8. The molecule has 0 radical (unpaired) electrons. The van der Waals surface area contributed by atoms with Crippen molar-refractivity contribution in [2.45, 2.75) is 37.8 Å². The van der Waals surface area contributed by atoms with Crippen molar-refractivity contribution in [1.82, 2.24) is 9.88 Å². The summed E-state index contributed by atoms with van der Waals surface area (Å²) in [5, 5.41) is 10.0. The molecule has 3 atom stereocenters. The highest BCUT2D eigenvalue weighted by Crippen LogP contribution is 2.33. The quantitative estimate of drug-likeness (QED) is 0.944. The lowest BCUT2D eigenvalue weighted by atomic mass is 9.97. The van der Waals surface area contributed by atoms with Gasteiger partial charge in [0.2, 0.25) is 5.91 Å². The molecule has 2 heterocycles. The van der Waals surface area contributed by atoms with Crippen LogP contribution in [0.2, 0.25) is 0 Å². The van der Waals surface area contributed by atoms with E-state index in [1.54, 1.807) is 12.4 Å². The van der Waals surface area contributed by atoms with Crippen LogP contribution in [0.3, 0.4) is 0 Å². The molecule has 4 nitrogen and oxygen atoms in total. The Hall–Kier alpha value is -2.20.